The molecule has 4 unspecified atom stereocenters. The third-order valence-electron chi connectivity index (χ3n) is 4.32. The number of nitrogens with two attached hydrogens (primary N) is 1. The molecule has 0 aromatic rings. The molecule has 3 N–H and O–H groups in total. The maximum atomic E-state index is 12.1. The molecule has 0 saturated heterocycles. The summed E-state index contributed by atoms with van der Waals surface area (Å²) in [7, 11) is 1.63. The van der Waals surface area contributed by atoms with Gasteiger partial charge < -0.3 is 15.8 Å². The molecule has 1 aliphatic rings. The summed E-state index contributed by atoms with van der Waals surface area (Å²) in [4.78, 5) is 12.1. The number of hydrogen-bond acceptors (Lipinski definition) is 3. The number of amides is 1. The lowest BCUT2D eigenvalue weighted by atomic mass is 9.74. The molecule has 4 heteroatoms. The van der Waals surface area contributed by atoms with E-state index in [9.17, 15) is 4.79 Å². The van der Waals surface area contributed by atoms with Crippen LogP contribution in [0.25, 0.3) is 0 Å². The third-order valence-corrected chi connectivity index (χ3v) is 4.32. The molecule has 0 heterocycles. The van der Waals surface area contributed by atoms with Crippen LogP contribution in [-0.2, 0) is 9.53 Å². The van der Waals surface area contributed by atoms with E-state index in [1.807, 2.05) is 0 Å². The number of hydrogen-bond donors (Lipinski definition) is 2. The molecule has 1 saturated carbocycles. The van der Waals surface area contributed by atoms with Crippen molar-refractivity contribution < 1.29 is 9.53 Å². The van der Waals surface area contributed by atoms with E-state index in [2.05, 4.69) is 26.1 Å². The molecule has 0 aromatic heterocycles. The van der Waals surface area contributed by atoms with Crippen molar-refractivity contribution in [3.8, 4) is 0 Å². The van der Waals surface area contributed by atoms with Gasteiger partial charge in [-0.1, -0.05) is 27.2 Å². The lowest BCUT2D eigenvalue weighted by Gasteiger charge is -2.38. The van der Waals surface area contributed by atoms with Crippen molar-refractivity contribution in [2.24, 2.45) is 23.5 Å². The fraction of sp³-hybridized carbons (Fsp3) is 0.933. The molecular formula is C15H30N2O2. The first-order valence-corrected chi connectivity index (χ1v) is 7.50. The van der Waals surface area contributed by atoms with Crippen LogP contribution in [0.4, 0.5) is 0 Å². The van der Waals surface area contributed by atoms with E-state index >= 15 is 0 Å². The summed E-state index contributed by atoms with van der Waals surface area (Å²) in [6.45, 7) is 7.28. The average molecular weight is 270 g/mol. The molecule has 112 valence electrons. The van der Waals surface area contributed by atoms with Crippen LogP contribution in [0.1, 0.15) is 46.5 Å². The molecule has 19 heavy (non-hydrogen) atoms. The number of ether oxygens (including phenoxy) is 1. The molecule has 1 amide bonds. The number of methoxy groups -OCH3 is 1. The summed E-state index contributed by atoms with van der Waals surface area (Å²) < 4.78 is 4.97. The Hall–Kier alpha value is -0.610. The second kappa shape index (κ2) is 7.85. The zero-order valence-corrected chi connectivity index (χ0v) is 12.8. The van der Waals surface area contributed by atoms with Gasteiger partial charge in [-0.25, -0.2) is 0 Å². The number of carbonyl (C=O) groups excluding carboxylic acids is 1. The summed E-state index contributed by atoms with van der Waals surface area (Å²) in [6, 6.07) is -0.171. The average Bonchev–Trinajstić information content (AvgIpc) is 2.35. The van der Waals surface area contributed by atoms with Crippen molar-refractivity contribution in [1.82, 2.24) is 5.32 Å². The van der Waals surface area contributed by atoms with Gasteiger partial charge in [0.2, 0.25) is 5.91 Å². The zero-order chi connectivity index (χ0) is 14.4. The van der Waals surface area contributed by atoms with Gasteiger partial charge in [-0.05, 0) is 37.0 Å². The quantitative estimate of drug-likeness (QED) is 0.775. The van der Waals surface area contributed by atoms with Crippen molar-refractivity contribution >= 4 is 5.91 Å². The largest absolute Gasteiger partial charge is 0.385 e. The van der Waals surface area contributed by atoms with Crippen LogP contribution in [0.5, 0.6) is 0 Å². The predicted octanol–water partition coefficient (Wildman–Crippen LogP) is 1.93. The molecule has 1 rings (SSSR count). The number of nitrogens with one attached hydrogen (secondary N) is 1. The molecule has 0 aromatic carbocycles. The Morgan fingerprint density at radius 1 is 1.42 bits per heavy atom. The minimum absolute atomic E-state index is 0.0261. The summed E-state index contributed by atoms with van der Waals surface area (Å²) in [5, 5.41) is 3.17. The Morgan fingerprint density at radius 3 is 2.68 bits per heavy atom. The van der Waals surface area contributed by atoms with Crippen LogP contribution < -0.4 is 11.1 Å². The monoisotopic (exact) mass is 270 g/mol. The van der Waals surface area contributed by atoms with Crippen LogP contribution in [0, 0.1) is 17.8 Å². The van der Waals surface area contributed by atoms with Crippen molar-refractivity contribution in [3.05, 3.63) is 0 Å². The van der Waals surface area contributed by atoms with Gasteiger partial charge in [0, 0.05) is 19.8 Å². The second-order valence-electron chi connectivity index (χ2n) is 6.33. The maximum Gasteiger partial charge on any atom is 0.237 e. The van der Waals surface area contributed by atoms with E-state index in [-0.39, 0.29) is 11.9 Å². The Balaban J connectivity index is 2.53. The first kappa shape index (κ1) is 16.4. The molecular weight excluding hydrogens is 240 g/mol. The Morgan fingerprint density at radius 2 is 2.11 bits per heavy atom. The minimum Gasteiger partial charge on any atom is -0.385 e. The van der Waals surface area contributed by atoms with Crippen LogP contribution in [-0.4, -0.2) is 31.7 Å². The first-order valence-electron chi connectivity index (χ1n) is 7.50. The van der Waals surface area contributed by atoms with E-state index < -0.39 is 6.04 Å². The summed E-state index contributed by atoms with van der Waals surface area (Å²) in [6.07, 6.45) is 4.13. The Kier molecular flexibility index (Phi) is 6.80. The summed E-state index contributed by atoms with van der Waals surface area (Å²) in [5.74, 6) is 1.85. The van der Waals surface area contributed by atoms with E-state index in [0.29, 0.717) is 30.8 Å². The fourth-order valence-electron chi connectivity index (χ4n) is 3.03. The van der Waals surface area contributed by atoms with Gasteiger partial charge in [0.1, 0.15) is 0 Å². The molecule has 0 spiro atoms. The fourth-order valence-corrected chi connectivity index (χ4v) is 3.03. The van der Waals surface area contributed by atoms with Gasteiger partial charge in [-0.3, -0.25) is 4.79 Å². The minimum atomic E-state index is -0.454. The van der Waals surface area contributed by atoms with Crippen LogP contribution in [0.2, 0.25) is 0 Å². The third kappa shape index (κ3) is 5.11. The van der Waals surface area contributed by atoms with Gasteiger partial charge in [0.25, 0.3) is 0 Å². The maximum absolute atomic E-state index is 12.1. The Labute approximate surface area is 117 Å². The lowest BCUT2D eigenvalue weighted by Crippen LogP contribution is -2.51. The number of carbonyl (C=O) groups is 1. The van der Waals surface area contributed by atoms with Crippen LogP contribution in [0.15, 0.2) is 0 Å². The number of rotatable bonds is 6. The van der Waals surface area contributed by atoms with Gasteiger partial charge in [-0.15, -0.1) is 0 Å². The summed E-state index contributed by atoms with van der Waals surface area (Å²) in [5.41, 5.74) is 5.88. The standard InChI is InChI=1S/C15H30N2O2/c1-10(2)12-6-5-11(3)9-14(12)17-15(18)13(16)7-8-19-4/h10-14H,5-9,16H2,1-4H3,(H,17,18). The lowest BCUT2D eigenvalue weighted by molar-refractivity contribution is -0.124. The van der Waals surface area contributed by atoms with Gasteiger partial charge >= 0.3 is 0 Å². The van der Waals surface area contributed by atoms with Crippen molar-refractivity contribution in [2.45, 2.75) is 58.5 Å². The zero-order valence-electron chi connectivity index (χ0n) is 12.8. The van der Waals surface area contributed by atoms with E-state index in [4.69, 9.17) is 10.5 Å². The van der Waals surface area contributed by atoms with Crippen LogP contribution >= 0.6 is 0 Å². The topological polar surface area (TPSA) is 64.3 Å². The predicted molar refractivity (Wildman–Crippen MR) is 77.7 cm³/mol. The normalized spacial score (nSPS) is 29.3. The Bertz CT molecular complexity index is 281. The van der Waals surface area contributed by atoms with E-state index in [0.717, 1.165) is 6.42 Å². The van der Waals surface area contributed by atoms with Gasteiger partial charge in [-0.2, -0.15) is 0 Å². The molecule has 0 radical (unpaired) electrons. The van der Waals surface area contributed by atoms with Gasteiger partial charge in [0.15, 0.2) is 0 Å². The highest BCUT2D eigenvalue weighted by Gasteiger charge is 2.32. The SMILES string of the molecule is COCCC(N)C(=O)NC1CC(C)CCC1C(C)C. The van der Waals surface area contributed by atoms with Crippen molar-refractivity contribution in [3.63, 3.8) is 0 Å². The van der Waals surface area contributed by atoms with E-state index in [1.165, 1.54) is 12.8 Å². The molecule has 1 aliphatic carbocycles. The van der Waals surface area contributed by atoms with Crippen LogP contribution in [0.3, 0.4) is 0 Å². The molecule has 1 fully saturated rings. The molecule has 0 bridgehead atoms. The first-order chi connectivity index (χ1) is 8.95. The van der Waals surface area contributed by atoms with E-state index in [1.54, 1.807) is 7.11 Å². The van der Waals surface area contributed by atoms with Crippen molar-refractivity contribution in [1.29, 1.82) is 0 Å². The van der Waals surface area contributed by atoms with Gasteiger partial charge in [0.05, 0.1) is 6.04 Å². The smallest absolute Gasteiger partial charge is 0.237 e. The summed E-state index contributed by atoms with van der Waals surface area (Å²) >= 11 is 0. The second-order valence-corrected chi connectivity index (χ2v) is 6.33. The highest BCUT2D eigenvalue weighted by molar-refractivity contribution is 5.81. The molecule has 4 nitrogen and oxygen atoms in total. The highest BCUT2D eigenvalue weighted by atomic mass is 16.5. The van der Waals surface area contributed by atoms with Crippen molar-refractivity contribution in [2.75, 3.05) is 13.7 Å². The molecule has 4 atom stereocenters. The molecule has 0 aliphatic heterocycles. The highest BCUT2D eigenvalue weighted by Crippen LogP contribution is 2.33.